The van der Waals surface area contributed by atoms with Gasteiger partial charge >= 0.3 is 0 Å². The first-order valence-corrected chi connectivity index (χ1v) is 11.3. The summed E-state index contributed by atoms with van der Waals surface area (Å²) in [7, 11) is 0. The van der Waals surface area contributed by atoms with Crippen LogP contribution in [-0.2, 0) is 0 Å². The number of nitrogens with zero attached hydrogens (tertiary/aromatic N) is 4. The molecule has 1 N–H and O–H groups in total. The van der Waals surface area contributed by atoms with E-state index < -0.39 is 0 Å². The van der Waals surface area contributed by atoms with Gasteiger partial charge in [-0.1, -0.05) is 46.0 Å². The number of rotatable bonds is 7. The van der Waals surface area contributed by atoms with E-state index in [9.17, 15) is 0 Å². The van der Waals surface area contributed by atoms with Crippen molar-refractivity contribution in [1.82, 2.24) is 14.9 Å². The molecule has 0 saturated carbocycles. The maximum absolute atomic E-state index is 4.87. The normalized spacial score (nSPS) is 22.5. The first-order chi connectivity index (χ1) is 13.3. The molecule has 1 aromatic heterocycles. The van der Waals surface area contributed by atoms with Crippen LogP contribution in [0.4, 0.5) is 11.8 Å². The van der Waals surface area contributed by atoms with Gasteiger partial charge in [0.1, 0.15) is 5.82 Å². The highest BCUT2D eigenvalue weighted by Crippen LogP contribution is 2.20. The molecule has 1 atom stereocenters. The van der Waals surface area contributed by atoms with Gasteiger partial charge in [0.15, 0.2) is 0 Å². The average Bonchev–Trinajstić information content (AvgIpc) is 3.09. The Kier molecular flexibility index (Phi) is 8.18. The predicted octanol–water partition coefficient (Wildman–Crippen LogP) is 4.56. The summed E-state index contributed by atoms with van der Waals surface area (Å²) in [4.78, 5) is 14.5. The summed E-state index contributed by atoms with van der Waals surface area (Å²) in [5, 5.41) is 3.66. The summed E-state index contributed by atoms with van der Waals surface area (Å²) in [6.45, 7) is 10.5. The molecule has 1 unspecified atom stereocenters. The number of aromatic nitrogens is 2. The molecule has 0 aromatic carbocycles. The predicted molar refractivity (Wildman–Crippen MR) is 114 cm³/mol. The highest BCUT2D eigenvalue weighted by atomic mass is 15.2. The zero-order valence-electron chi connectivity index (χ0n) is 17.5. The van der Waals surface area contributed by atoms with Crippen LogP contribution in [0.15, 0.2) is 12.3 Å². The Labute approximate surface area is 165 Å². The molecule has 2 fully saturated rings. The second-order valence-corrected chi connectivity index (χ2v) is 8.42. The van der Waals surface area contributed by atoms with Crippen molar-refractivity contribution in [1.29, 1.82) is 0 Å². The molecule has 0 radical (unpaired) electrons. The summed E-state index contributed by atoms with van der Waals surface area (Å²) in [6, 6.07) is 2.53. The highest BCUT2D eigenvalue weighted by molar-refractivity contribution is 5.43. The van der Waals surface area contributed by atoms with Crippen LogP contribution < -0.4 is 10.2 Å². The van der Waals surface area contributed by atoms with Crippen molar-refractivity contribution < 1.29 is 0 Å². The van der Waals surface area contributed by atoms with E-state index in [-0.39, 0.29) is 0 Å². The summed E-state index contributed by atoms with van der Waals surface area (Å²) < 4.78 is 0. The molecule has 3 heterocycles. The third-order valence-electron chi connectivity index (χ3n) is 6.33. The molecule has 5 heteroatoms. The van der Waals surface area contributed by atoms with Crippen molar-refractivity contribution in [3.63, 3.8) is 0 Å². The summed E-state index contributed by atoms with van der Waals surface area (Å²) >= 11 is 0. The molecule has 27 heavy (non-hydrogen) atoms. The molecule has 0 bridgehead atoms. The number of hydrogen-bond acceptors (Lipinski definition) is 5. The number of hydrogen-bond donors (Lipinski definition) is 1. The van der Waals surface area contributed by atoms with E-state index in [1.807, 2.05) is 6.20 Å². The fourth-order valence-corrected chi connectivity index (χ4v) is 4.49. The lowest BCUT2D eigenvalue weighted by Crippen LogP contribution is -2.38. The Bertz CT molecular complexity index is 537. The average molecular weight is 374 g/mol. The zero-order chi connectivity index (χ0) is 18.9. The number of anilines is 2. The SMILES string of the molecule is CCC(CC)CN1CCCCC(Nc2nccc(N3CCCCCC3)n2)C1. The van der Waals surface area contributed by atoms with E-state index in [4.69, 9.17) is 4.98 Å². The second-order valence-electron chi connectivity index (χ2n) is 8.42. The third kappa shape index (κ3) is 6.34. The van der Waals surface area contributed by atoms with Crippen LogP contribution >= 0.6 is 0 Å². The van der Waals surface area contributed by atoms with E-state index >= 15 is 0 Å². The van der Waals surface area contributed by atoms with E-state index in [0.29, 0.717) is 6.04 Å². The van der Waals surface area contributed by atoms with Crippen LogP contribution in [0.25, 0.3) is 0 Å². The second kappa shape index (κ2) is 10.8. The van der Waals surface area contributed by atoms with Gasteiger partial charge in [0.05, 0.1) is 0 Å². The van der Waals surface area contributed by atoms with Crippen LogP contribution in [0.3, 0.4) is 0 Å². The first kappa shape index (κ1) is 20.4. The van der Waals surface area contributed by atoms with Crippen molar-refractivity contribution in [2.24, 2.45) is 5.92 Å². The van der Waals surface area contributed by atoms with Gasteiger partial charge in [-0.2, -0.15) is 4.98 Å². The summed E-state index contributed by atoms with van der Waals surface area (Å²) in [5.41, 5.74) is 0. The smallest absolute Gasteiger partial charge is 0.224 e. The van der Waals surface area contributed by atoms with Crippen molar-refractivity contribution in [3.05, 3.63) is 12.3 Å². The summed E-state index contributed by atoms with van der Waals surface area (Å²) in [5.74, 6) is 2.73. The van der Waals surface area contributed by atoms with E-state index in [0.717, 1.165) is 37.3 Å². The van der Waals surface area contributed by atoms with Crippen LogP contribution in [-0.4, -0.2) is 53.6 Å². The van der Waals surface area contributed by atoms with Gasteiger partial charge in [0.2, 0.25) is 5.95 Å². The Balaban J connectivity index is 1.60. The fraction of sp³-hybridized carbons (Fsp3) is 0.818. The van der Waals surface area contributed by atoms with Gasteiger partial charge in [-0.05, 0) is 44.2 Å². The van der Waals surface area contributed by atoms with Crippen LogP contribution in [0.5, 0.6) is 0 Å². The van der Waals surface area contributed by atoms with Crippen molar-refractivity contribution in [3.8, 4) is 0 Å². The molecule has 5 nitrogen and oxygen atoms in total. The molecular formula is C22H39N5. The molecule has 0 spiro atoms. The van der Waals surface area contributed by atoms with Gasteiger partial charge in [-0.25, -0.2) is 4.98 Å². The molecule has 2 aliphatic heterocycles. The largest absolute Gasteiger partial charge is 0.356 e. The topological polar surface area (TPSA) is 44.3 Å². The van der Waals surface area contributed by atoms with Gasteiger partial charge in [0.25, 0.3) is 0 Å². The number of likely N-dealkylation sites (tertiary alicyclic amines) is 1. The van der Waals surface area contributed by atoms with E-state index in [2.05, 4.69) is 40.0 Å². The molecule has 0 amide bonds. The fourth-order valence-electron chi connectivity index (χ4n) is 4.49. The minimum absolute atomic E-state index is 0.459. The van der Waals surface area contributed by atoms with Gasteiger partial charge in [0, 0.05) is 38.4 Å². The molecule has 2 aliphatic rings. The van der Waals surface area contributed by atoms with Crippen LogP contribution in [0.1, 0.15) is 71.6 Å². The zero-order valence-corrected chi connectivity index (χ0v) is 17.5. The number of nitrogens with one attached hydrogen (secondary N) is 1. The minimum atomic E-state index is 0.459. The Hall–Kier alpha value is -1.36. The lowest BCUT2D eigenvalue weighted by atomic mass is 10.0. The molecule has 1 aromatic rings. The van der Waals surface area contributed by atoms with Crippen LogP contribution in [0.2, 0.25) is 0 Å². The Morgan fingerprint density at radius 2 is 1.78 bits per heavy atom. The van der Waals surface area contributed by atoms with Crippen molar-refractivity contribution >= 4 is 11.8 Å². The van der Waals surface area contributed by atoms with Crippen LogP contribution in [0, 0.1) is 5.92 Å². The van der Waals surface area contributed by atoms with E-state index in [1.165, 1.54) is 70.9 Å². The van der Waals surface area contributed by atoms with Gasteiger partial charge in [-0.3, -0.25) is 0 Å². The lowest BCUT2D eigenvalue weighted by molar-refractivity contribution is 0.226. The van der Waals surface area contributed by atoms with Crippen molar-refractivity contribution in [2.45, 2.75) is 77.7 Å². The molecule has 0 aliphatic carbocycles. The van der Waals surface area contributed by atoms with E-state index in [1.54, 1.807) is 0 Å². The first-order valence-electron chi connectivity index (χ1n) is 11.3. The minimum Gasteiger partial charge on any atom is -0.356 e. The monoisotopic (exact) mass is 373 g/mol. The third-order valence-corrected chi connectivity index (χ3v) is 6.33. The molecule has 152 valence electrons. The summed E-state index contributed by atoms with van der Waals surface area (Å²) in [6.07, 6.45) is 13.6. The Morgan fingerprint density at radius 1 is 1.04 bits per heavy atom. The highest BCUT2D eigenvalue weighted by Gasteiger charge is 2.21. The van der Waals surface area contributed by atoms with Crippen molar-refractivity contribution in [2.75, 3.05) is 42.9 Å². The molecular weight excluding hydrogens is 334 g/mol. The molecule has 3 rings (SSSR count). The van der Waals surface area contributed by atoms with Gasteiger partial charge < -0.3 is 15.1 Å². The quantitative estimate of drug-likeness (QED) is 0.759. The Morgan fingerprint density at radius 3 is 2.52 bits per heavy atom. The standard InChI is InChI=1S/C22H39N5/c1-3-19(4-2)17-26-14-10-7-11-20(18-26)24-22-23-13-12-21(25-22)27-15-8-5-6-9-16-27/h12-13,19-20H,3-11,14-18H2,1-2H3,(H,23,24,25). The molecule has 2 saturated heterocycles. The maximum atomic E-state index is 4.87. The lowest BCUT2D eigenvalue weighted by Gasteiger charge is -2.28. The maximum Gasteiger partial charge on any atom is 0.224 e. The van der Waals surface area contributed by atoms with Gasteiger partial charge in [-0.15, -0.1) is 0 Å².